The molecule has 3 rings (SSSR count). The topological polar surface area (TPSA) is 134 Å². The summed E-state index contributed by atoms with van der Waals surface area (Å²) in [5.41, 5.74) is -0.130. The number of likely N-dealkylation sites (tertiary alicyclic amines) is 1. The number of amides is 1. The Morgan fingerprint density at radius 1 is 0.971 bits per heavy atom. The smallest absolute Gasteiger partial charge is 0.407 e. The third-order valence-corrected chi connectivity index (χ3v) is 8.08. The van der Waals surface area contributed by atoms with Gasteiger partial charge in [-0.15, -0.1) is 0 Å². The fourth-order valence-corrected chi connectivity index (χ4v) is 5.88. The lowest BCUT2D eigenvalue weighted by Gasteiger charge is -2.44. The molecule has 11 heteroatoms. The number of carboxylic acids is 1. The van der Waals surface area contributed by atoms with Crippen LogP contribution in [0.3, 0.4) is 0 Å². The van der Waals surface area contributed by atoms with Crippen LogP contribution >= 0.6 is 0 Å². The van der Waals surface area contributed by atoms with Crippen molar-refractivity contribution in [1.29, 1.82) is 0 Å². The molecule has 0 aliphatic carbocycles. The van der Waals surface area contributed by atoms with Gasteiger partial charge in [-0.2, -0.15) is 4.31 Å². The van der Waals surface area contributed by atoms with Gasteiger partial charge in [0, 0.05) is 26.7 Å². The molecule has 1 aliphatic heterocycles. The molecule has 0 radical (unpaired) electrons. The van der Waals surface area contributed by atoms with E-state index in [4.69, 9.17) is 9.47 Å². The van der Waals surface area contributed by atoms with Crippen LogP contribution in [0.4, 0.5) is 4.79 Å². The Morgan fingerprint density at radius 2 is 1.50 bits per heavy atom. The van der Waals surface area contributed by atoms with Gasteiger partial charge in [-0.05, 0) is 48.2 Å². The zero-order valence-corrected chi connectivity index (χ0v) is 19.8. The lowest BCUT2D eigenvalue weighted by molar-refractivity contribution is -0.151. The summed E-state index contributed by atoms with van der Waals surface area (Å²) in [4.78, 5) is 24.7. The van der Waals surface area contributed by atoms with Crippen LogP contribution < -0.4 is 4.74 Å². The molecule has 2 aromatic carbocycles. The van der Waals surface area contributed by atoms with E-state index in [1.807, 2.05) is 12.1 Å². The maximum absolute atomic E-state index is 13.7. The molecule has 1 fully saturated rings. The fraction of sp³-hybridized carbons (Fsp3) is 0.391. The average Bonchev–Trinajstić information content (AvgIpc) is 2.84. The number of ether oxygens (including phenoxy) is 2. The molecule has 34 heavy (non-hydrogen) atoms. The largest absolute Gasteiger partial charge is 0.497 e. The number of methoxy groups -OCH3 is 2. The van der Waals surface area contributed by atoms with E-state index in [9.17, 15) is 28.2 Å². The van der Waals surface area contributed by atoms with Crippen molar-refractivity contribution in [3.05, 3.63) is 48.5 Å². The second kappa shape index (κ2) is 10.4. The number of carboxylic acid groups (broad SMARTS) is 2. The molecule has 0 aromatic heterocycles. The van der Waals surface area contributed by atoms with Gasteiger partial charge in [0.1, 0.15) is 11.3 Å². The van der Waals surface area contributed by atoms with Gasteiger partial charge in [0.05, 0.1) is 18.6 Å². The minimum atomic E-state index is -4.24. The molecule has 1 amide bonds. The van der Waals surface area contributed by atoms with E-state index in [0.717, 1.165) is 20.3 Å². The van der Waals surface area contributed by atoms with Crippen molar-refractivity contribution in [3.8, 4) is 16.9 Å². The lowest BCUT2D eigenvalue weighted by Crippen LogP contribution is -2.62. The number of aliphatic carboxylic acids is 1. The lowest BCUT2D eigenvalue weighted by atomic mass is 9.87. The van der Waals surface area contributed by atoms with Crippen molar-refractivity contribution < 1.29 is 37.7 Å². The van der Waals surface area contributed by atoms with E-state index in [1.54, 1.807) is 31.4 Å². The second-order valence-corrected chi connectivity index (χ2v) is 9.79. The van der Waals surface area contributed by atoms with Crippen LogP contribution in [0, 0.1) is 0 Å². The van der Waals surface area contributed by atoms with Gasteiger partial charge in [-0.1, -0.05) is 24.3 Å². The number of piperidine rings is 1. The molecule has 10 nitrogen and oxygen atoms in total. The summed E-state index contributed by atoms with van der Waals surface area (Å²) in [5.74, 6) is -0.614. The first kappa shape index (κ1) is 25.5. The predicted molar refractivity (Wildman–Crippen MR) is 123 cm³/mol. The summed E-state index contributed by atoms with van der Waals surface area (Å²) in [5, 5.41) is 19.3. The minimum Gasteiger partial charge on any atom is -0.497 e. The van der Waals surface area contributed by atoms with Crippen molar-refractivity contribution in [2.75, 3.05) is 40.5 Å². The highest BCUT2D eigenvalue weighted by molar-refractivity contribution is 7.89. The summed E-state index contributed by atoms with van der Waals surface area (Å²) in [7, 11) is -1.27. The second-order valence-electron chi connectivity index (χ2n) is 7.93. The molecule has 0 saturated carbocycles. The fourth-order valence-electron chi connectivity index (χ4n) is 4.11. The van der Waals surface area contributed by atoms with Crippen LogP contribution in [0.5, 0.6) is 5.75 Å². The van der Waals surface area contributed by atoms with Gasteiger partial charge < -0.3 is 24.6 Å². The molecule has 0 unspecified atom stereocenters. The third-order valence-electron chi connectivity index (χ3n) is 6.10. The number of benzene rings is 2. The Morgan fingerprint density at radius 3 is 1.94 bits per heavy atom. The first-order valence-electron chi connectivity index (χ1n) is 10.6. The Balaban J connectivity index is 1.95. The number of nitrogens with zero attached hydrogens (tertiary/aromatic N) is 2. The molecule has 0 bridgehead atoms. The van der Waals surface area contributed by atoms with Crippen LogP contribution in [-0.4, -0.2) is 85.9 Å². The molecule has 1 saturated heterocycles. The van der Waals surface area contributed by atoms with Gasteiger partial charge in [0.15, 0.2) is 0 Å². The molecular formula is C23H28N2O8S. The van der Waals surface area contributed by atoms with Crippen LogP contribution in [0.2, 0.25) is 0 Å². The molecular weight excluding hydrogens is 464 g/mol. The maximum Gasteiger partial charge on any atom is 0.407 e. The summed E-state index contributed by atoms with van der Waals surface area (Å²) in [6, 6.07) is 13.5. The van der Waals surface area contributed by atoms with E-state index in [-0.39, 0.29) is 44.0 Å². The van der Waals surface area contributed by atoms with Crippen molar-refractivity contribution in [2.24, 2.45) is 0 Å². The van der Waals surface area contributed by atoms with Gasteiger partial charge in [0.2, 0.25) is 10.0 Å². The minimum absolute atomic E-state index is 0.0131. The van der Waals surface area contributed by atoms with Gasteiger partial charge in [0.25, 0.3) is 0 Å². The normalized spacial score (nSPS) is 15.8. The van der Waals surface area contributed by atoms with Gasteiger partial charge >= 0.3 is 12.1 Å². The van der Waals surface area contributed by atoms with Crippen molar-refractivity contribution in [2.45, 2.75) is 23.3 Å². The predicted octanol–water partition coefficient (Wildman–Crippen LogP) is 2.60. The average molecular weight is 493 g/mol. The number of sulfonamides is 1. The Bertz CT molecular complexity index is 1110. The number of hydrogen-bond acceptors (Lipinski definition) is 6. The molecule has 2 N–H and O–H groups in total. The maximum atomic E-state index is 13.7. The summed E-state index contributed by atoms with van der Waals surface area (Å²) in [6.45, 7) is -0.368. The Kier molecular flexibility index (Phi) is 7.80. The SMILES string of the molecule is COCCN(C1(C(=O)O)CCN(C(=O)O)CC1)S(=O)(=O)c1ccc(-c2ccc(OC)cc2)cc1. The van der Waals surface area contributed by atoms with Crippen LogP contribution in [-0.2, 0) is 19.6 Å². The first-order valence-corrected chi connectivity index (χ1v) is 12.1. The van der Waals surface area contributed by atoms with E-state index in [0.29, 0.717) is 5.75 Å². The van der Waals surface area contributed by atoms with E-state index >= 15 is 0 Å². The zero-order chi connectivity index (χ0) is 24.9. The van der Waals surface area contributed by atoms with Crippen molar-refractivity contribution in [1.82, 2.24) is 9.21 Å². The quantitative estimate of drug-likeness (QED) is 0.546. The number of hydrogen-bond donors (Lipinski definition) is 2. The summed E-state index contributed by atoms with van der Waals surface area (Å²) >= 11 is 0. The highest BCUT2D eigenvalue weighted by Gasteiger charge is 2.52. The van der Waals surface area contributed by atoms with Crippen molar-refractivity contribution in [3.63, 3.8) is 0 Å². The van der Waals surface area contributed by atoms with Crippen LogP contribution in [0.15, 0.2) is 53.4 Å². The van der Waals surface area contributed by atoms with E-state index < -0.39 is 27.6 Å². The van der Waals surface area contributed by atoms with Crippen LogP contribution in [0.25, 0.3) is 11.1 Å². The summed E-state index contributed by atoms with van der Waals surface area (Å²) < 4.78 is 38.5. The standard InChI is InChI=1S/C23H28N2O8S/c1-32-16-15-25(23(21(26)27)11-13-24(14-12-23)22(28)29)34(30,31)20-9-5-18(6-10-20)17-3-7-19(33-2)8-4-17/h3-10H,11-16H2,1-2H3,(H,26,27)(H,28,29). The van der Waals surface area contributed by atoms with Gasteiger partial charge in [-0.3, -0.25) is 4.79 Å². The molecule has 1 aliphatic rings. The van der Waals surface area contributed by atoms with Crippen LogP contribution in [0.1, 0.15) is 12.8 Å². The monoisotopic (exact) mass is 492 g/mol. The van der Waals surface area contributed by atoms with Crippen molar-refractivity contribution >= 4 is 22.1 Å². The Hall–Kier alpha value is -3.15. The molecule has 0 spiro atoms. The molecule has 184 valence electrons. The first-order chi connectivity index (χ1) is 16.2. The van der Waals surface area contributed by atoms with E-state index in [1.165, 1.54) is 19.2 Å². The highest BCUT2D eigenvalue weighted by Crippen LogP contribution is 2.35. The molecule has 1 heterocycles. The molecule has 0 atom stereocenters. The number of rotatable bonds is 9. The highest BCUT2D eigenvalue weighted by atomic mass is 32.2. The zero-order valence-electron chi connectivity index (χ0n) is 19.0. The summed E-state index contributed by atoms with van der Waals surface area (Å²) in [6.07, 6.45) is -1.50. The third kappa shape index (κ3) is 5.01. The Labute approximate surface area is 198 Å². The molecule has 2 aromatic rings. The van der Waals surface area contributed by atoms with Gasteiger partial charge in [-0.25, -0.2) is 13.2 Å². The number of carbonyl (C=O) groups is 2. The van der Waals surface area contributed by atoms with E-state index in [2.05, 4.69) is 0 Å².